The van der Waals surface area contributed by atoms with E-state index in [-0.39, 0.29) is 11.8 Å². The average molecular weight is 387 g/mol. The summed E-state index contributed by atoms with van der Waals surface area (Å²) in [7, 11) is 0. The number of piperazine rings is 1. The van der Waals surface area contributed by atoms with Gasteiger partial charge in [-0.3, -0.25) is 19.4 Å². The van der Waals surface area contributed by atoms with E-state index in [1.807, 2.05) is 24.0 Å². The topological polar surface area (TPSA) is 55.9 Å². The molecule has 6 nitrogen and oxygen atoms in total. The van der Waals surface area contributed by atoms with Crippen molar-refractivity contribution < 1.29 is 9.59 Å². The van der Waals surface area contributed by atoms with Gasteiger partial charge in [0.1, 0.15) is 0 Å². The van der Waals surface area contributed by atoms with Gasteiger partial charge < -0.3 is 10.2 Å². The smallest absolute Gasteiger partial charge is 0.238 e. The van der Waals surface area contributed by atoms with E-state index in [4.69, 9.17) is 0 Å². The standard InChI is InChI=1S/C22H34N4O2/c1-18-7-8-20(19(2)15-18)23-21(27)16-24-11-13-25(14-12-24)17-22(28)26-9-5-3-4-6-10-26/h7-8,15H,3-6,9-14,16-17H2,1-2H3,(H,23,27). The van der Waals surface area contributed by atoms with Crippen LogP contribution in [0, 0.1) is 13.8 Å². The SMILES string of the molecule is Cc1ccc(NC(=O)CN2CCN(CC(=O)N3CCCCCC3)CC2)c(C)c1. The fourth-order valence-electron chi connectivity index (χ4n) is 4.06. The molecule has 0 atom stereocenters. The number of benzene rings is 1. The molecule has 6 heteroatoms. The minimum atomic E-state index is 0.0287. The lowest BCUT2D eigenvalue weighted by Crippen LogP contribution is -2.51. The number of nitrogens with one attached hydrogen (secondary N) is 1. The maximum absolute atomic E-state index is 12.5. The van der Waals surface area contributed by atoms with Crippen molar-refractivity contribution in [3.63, 3.8) is 0 Å². The third-order valence-corrected chi connectivity index (χ3v) is 5.81. The molecule has 0 saturated carbocycles. The minimum absolute atomic E-state index is 0.0287. The van der Waals surface area contributed by atoms with Crippen LogP contribution in [0.15, 0.2) is 18.2 Å². The Morgan fingerprint density at radius 2 is 1.46 bits per heavy atom. The van der Waals surface area contributed by atoms with Crippen LogP contribution in [0.25, 0.3) is 0 Å². The monoisotopic (exact) mass is 386 g/mol. The van der Waals surface area contributed by atoms with Gasteiger partial charge in [-0.25, -0.2) is 0 Å². The molecule has 0 aromatic heterocycles. The molecule has 2 saturated heterocycles. The first kappa shape index (κ1) is 20.8. The highest BCUT2D eigenvalue weighted by Gasteiger charge is 2.23. The normalized spacial score (nSPS) is 19.3. The second kappa shape index (κ2) is 10.0. The van der Waals surface area contributed by atoms with Crippen molar-refractivity contribution in [1.82, 2.24) is 14.7 Å². The van der Waals surface area contributed by atoms with Crippen LogP contribution in [0.2, 0.25) is 0 Å². The largest absolute Gasteiger partial charge is 0.342 e. The van der Waals surface area contributed by atoms with Crippen molar-refractivity contribution in [2.75, 3.05) is 57.7 Å². The first-order valence-electron chi connectivity index (χ1n) is 10.6. The van der Waals surface area contributed by atoms with E-state index in [0.717, 1.165) is 63.4 Å². The molecule has 0 unspecified atom stereocenters. The molecule has 154 valence electrons. The van der Waals surface area contributed by atoms with Gasteiger partial charge in [-0.2, -0.15) is 0 Å². The number of amides is 2. The van der Waals surface area contributed by atoms with Gasteiger partial charge in [-0.15, -0.1) is 0 Å². The number of aryl methyl sites for hydroxylation is 2. The summed E-state index contributed by atoms with van der Waals surface area (Å²) in [6.45, 7) is 10.2. The summed E-state index contributed by atoms with van der Waals surface area (Å²) in [6.07, 6.45) is 4.75. The lowest BCUT2D eigenvalue weighted by Gasteiger charge is -2.35. The number of carbonyl (C=O) groups is 2. The number of anilines is 1. The van der Waals surface area contributed by atoms with E-state index in [0.29, 0.717) is 13.1 Å². The summed E-state index contributed by atoms with van der Waals surface area (Å²) < 4.78 is 0. The Morgan fingerprint density at radius 1 is 0.857 bits per heavy atom. The van der Waals surface area contributed by atoms with Crippen molar-refractivity contribution in [3.8, 4) is 0 Å². The Morgan fingerprint density at radius 3 is 2.07 bits per heavy atom. The maximum atomic E-state index is 12.5. The van der Waals surface area contributed by atoms with Gasteiger partial charge >= 0.3 is 0 Å². The van der Waals surface area contributed by atoms with Gasteiger partial charge in [0, 0.05) is 45.0 Å². The summed E-state index contributed by atoms with van der Waals surface area (Å²) in [4.78, 5) is 31.4. The lowest BCUT2D eigenvalue weighted by molar-refractivity contribution is -0.133. The van der Waals surface area contributed by atoms with Gasteiger partial charge in [-0.05, 0) is 38.3 Å². The van der Waals surface area contributed by atoms with Crippen molar-refractivity contribution in [3.05, 3.63) is 29.3 Å². The first-order valence-corrected chi connectivity index (χ1v) is 10.6. The summed E-state index contributed by atoms with van der Waals surface area (Å²) >= 11 is 0. The molecule has 3 rings (SSSR count). The van der Waals surface area contributed by atoms with Crippen LogP contribution in [0.4, 0.5) is 5.69 Å². The van der Waals surface area contributed by atoms with Gasteiger partial charge in [0.15, 0.2) is 0 Å². The quantitative estimate of drug-likeness (QED) is 0.843. The van der Waals surface area contributed by atoms with Gasteiger partial charge in [0.25, 0.3) is 0 Å². The van der Waals surface area contributed by atoms with Crippen molar-refractivity contribution in [2.45, 2.75) is 39.5 Å². The molecule has 28 heavy (non-hydrogen) atoms. The van der Waals surface area contributed by atoms with Crippen LogP contribution in [0.5, 0.6) is 0 Å². The zero-order chi connectivity index (χ0) is 19.9. The van der Waals surface area contributed by atoms with Crippen molar-refractivity contribution in [1.29, 1.82) is 0 Å². The molecule has 2 aliphatic heterocycles. The molecule has 1 N–H and O–H groups in total. The number of hydrogen-bond donors (Lipinski definition) is 1. The molecule has 2 amide bonds. The molecule has 1 aromatic rings. The summed E-state index contributed by atoms with van der Waals surface area (Å²) in [5.41, 5.74) is 3.17. The van der Waals surface area contributed by atoms with E-state index in [1.54, 1.807) is 0 Å². The van der Waals surface area contributed by atoms with E-state index in [2.05, 4.69) is 28.1 Å². The zero-order valence-corrected chi connectivity index (χ0v) is 17.4. The molecular formula is C22H34N4O2. The Kier molecular flexibility index (Phi) is 7.45. The van der Waals surface area contributed by atoms with Gasteiger partial charge in [0.2, 0.25) is 11.8 Å². The highest BCUT2D eigenvalue weighted by atomic mass is 16.2. The Labute approximate surface area is 168 Å². The zero-order valence-electron chi connectivity index (χ0n) is 17.4. The molecule has 2 fully saturated rings. The van der Waals surface area contributed by atoms with Crippen LogP contribution < -0.4 is 5.32 Å². The molecule has 0 spiro atoms. The van der Waals surface area contributed by atoms with Gasteiger partial charge in [-0.1, -0.05) is 30.5 Å². The highest BCUT2D eigenvalue weighted by molar-refractivity contribution is 5.93. The van der Waals surface area contributed by atoms with Gasteiger partial charge in [0.05, 0.1) is 13.1 Å². The fourth-order valence-corrected chi connectivity index (χ4v) is 4.06. The number of likely N-dealkylation sites (tertiary alicyclic amines) is 1. The van der Waals surface area contributed by atoms with E-state index >= 15 is 0 Å². The molecule has 2 heterocycles. The molecule has 1 aromatic carbocycles. The molecule has 2 aliphatic rings. The van der Waals surface area contributed by atoms with Crippen molar-refractivity contribution in [2.24, 2.45) is 0 Å². The van der Waals surface area contributed by atoms with Crippen LogP contribution in [0.3, 0.4) is 0 Å². The number of nitrogens with zero attached hydrogens (tertiary/aromatic N) is 3. The van der Waals surface area contributed by atoms with Crippen LogP contribution >= 0.6 is 0 Å². The molecule has 0 radical (unpaired) electrons. The predicted octanol–water partition coefficient (Wildman–Crippen LogP) is 2.26. The maximum Gasteiger partial charge on any atom is 0.238 e. The first-order chi connectivity index (χ1) is 13.5. The summed E-state index contributed by atoms with van der Waals surface area (Å²) in [6, 6.07) is 6.06. The van der Waals surface area contributed by atoms with E-state index in [9.17, 15) is 9.59 Å². The average Bonchev–Trinajstić information content (AvgIpc) is 2.95. The molecule has 0 aliphatic carbocycles. The third-order valence-electron chi connectivity index (χ3n) is 5.81. The van der Waals surface area contributed by atoms with Crippen LogP contribution in [0.1, 0.15) is 36.8 Å². The summed E-state index contributed by atoms with van der Waals surface area (Å²) in [5.74, 6) is 0.295. The second-order valence-corrected chi connectivity index (χ2v) is 8.21. The van der Waals surface area contributed by atoms with Crippen LogP contribution in [-0.4, -0.2) is 78.9 Å². The predicted molar refractivity (Wildman–Crippen MR) is 112 cm³/mol. The molecule has 0 bridgehead atoms. The number of hydrogen-bond acceptors (Lipinski definition) is 4. The number of carbonyl (C=O) groups excluding carboxylic acids is 2. The van der Waals surface area contributed by atoms with Crippen LogP contribution in [-0.2, 0) is 9.59 Å². The number of rotatable bonds is 5. The second-order valence-electron chi connectivity index (χ2n) is 8.21. The van der Waals surface area contributed by atoms with E-state index < -0.39 is 0 Å². The third kappa shape index (κ3) is 6.04. The van der Waals surface area contributed by atoms with E-state index in [1.165, 1.54) is 18.4 Å². The molecular weight excluding hydrogens is 352 g/mol. The fraction of sp³-hybridized carbons (Fsp3) is 0.636. The Balaban J connectivity index is 1.39. The summed E-state index contributed by atoms with van der Waals surface area (Å²) in [5, 5.41) is 3.02. The minimum Gasteiger partial charge on any atom is -0.342 e. The Hall–Kier alpha value is -1.92. The Bertz CT molecular complexity index is 675. The van der Waals surface area contributed by atoms with Crippen molar-refractivity contribution >= 4 is 17.5 Å². The lowest BCUT2D eigenvalue weighted by atomic mass is 10.1. The highest BCUT2D eigenvalue weighted by Crippen LogP contribution is 2.16.